The molecule has 1 heterocycles. The molecule has 0 aliphatic rings. The number of halogens is 1. The summed E-state index contributed by atoms with van der Waals surface area (Å²) < 4.78 is 5.81. The SMILES string of the molecule is CC(C)(Oc1ccc(C(=O)c2ccc(Cl)cc2)cc1)C(=O)N=Nc1c(O)[nH]c2ccccc12. The topological polar surface area (TPSA) is 104 Å². The fraction of sp³-hybridized carbons (Fsp3) is 0.120. The van der Waals surface area contributed by atoms with Crippen LogP contribution >= 0.6 is 11.6 Å². The number of ether oxygens (including phenoxy) is 1. The quantitative estimate of drug-likeness (QED) is 0.262. The van der Waals surface area contributed by atoms with Crippen molar-refractivity contribution in [3.63, 3.8) is 0 Å². The number of nitrogens with one attached hydrogen (secondary N) is 1. The second kappa shape index (κ2) is 8.88. The Labute approximate surface area is 194 Å². The number of rotatable bonds is 6. The van der Waals surface area contributed by atoms with Gasteiger partial charge in [0.05, 0.1) is 5.52 Å². The third kappa shape index (κ3) is 4.78. The highest BCUT2D eigenvalue weighted by Crippen LogP contribution is 2.35. The Morgan fingerprint density at radius 3 is 2.21 bits per heavy atom. The normalized spacial score (nSPS) is 11.7. The standard InChI is InChI=1S/C25H20ClN3O4/c1-25(2,24(32)29-28-21-19-5-3-4-6-20(19)27-23(21)31)33-18-13-9-16(10-14-18)22(30)15-7-11-17(26)12-8-15/h3-14,27,31H,1-2H3. The molecular formula is C25H20ClN3O4. The van der Waals surface area contributed by atoms with E-state index in [1.165, 1.54) is 0 Å². The summed E-state index contributed by atoms with van der Waals surface area (Å²) in [7, 11) is 0. The van der Waals surface area contributed by atoms with E-state index < -0.39 is 11.5 Å². The minimum atomic E-state index is -1.33. The summed E-state index contributed by atoms with van der Waals surface area (Å²) in [6, 6.07) is 20.3. The molecule has 4 aromatic rings. The van der Waals surface area contributed by atoms with Crippen molar-refractivity contribution < 1.29 is 19.4 Å². The molecule has 4 rings (SSSR count). The van der Waals surface area contributed by atoms with E-state index in [1.54, 1.807) is 80.6 Å². The number of carbonyl (C=O) groups is 2. The number of aromatic amines is 1. The van der Waals surface area contributed by atoms with E-state index in [1.807, 2.05) is 6.07 Å². The van der Waals surface area contributed by atoms with Gasteiger partial charge in [-0.15, -0.1) is 10.2 Å². The van der Waals surface area contributed by atoms with Gasteiger partial charge in [0.1, 0.15) is 5.75 Å². The molecule has 7 nitrogen and oxygen atoms in total. The van der Waals surface area contributed by atoms with Gasteiger partial charge >= 0.3 is 5.91 Å². The monoisotopic (exact) mass is 461 g/mol. The lowest BCUT2D eigenvalue weighted by atomic mass is 10.0. The molecule has 0 spiro atoms. The Morgan fingerprint density at radius 1 is 0.939 bits per heavy atom. The van der Waals surface area contributed by atoms with Crippen molar-refractivity contribution in [2.24, 2.45) is 10.2 Å². The van der Waals surface area contributed by atoms with E-state index >= 15 is 0 Å². The predicted molar refractivity (Wildman–Crippen MR) is 126 cm³/mol. The predicted octanol–water partition coefficient (Wildman–Crippen LogP) is 6.23. The summed E-state index contributed by atoms with van der Waals surface area (Å²) in [5.41, 5.74) is 0.528. The summed E-state index contributed by atoms with van der Waals surface area (Å²) >= 11 is 5.87. The number of para-hydroxylation sites is 1. The summed E-state index contributed by atoms with van der Waals surface area (Å²) in [5, 5.41) is 19.0. The second-order valence-electron chi connectivity index (χ2n) is 7.85. The van der Waals surface area contributed by atoms with Crippen LogP contribution in [0.2, 0.25) is 5.02 Å². The smallest absolute Gasteiger partial charge is 0.307 e. The highest BCUT2D eigenvalue weighted by atomic mass is 35.5. The lowest BCUT2D eigenvalue weighted by Crippen LogP contribution is -2.36. The van der Waals surface area contributed by atoms with Crippen molar-refractivity contribution in [3.8, 4) is 11.6 Å². The van der Waals surface area contributed by atoms with Gasteiger partial charge in [0.25, 0.3) is 0 Å². The summed E-state index contributed by atoms with van der Waals surface area (Å²) in [6.45, 7) is 3.13. The number of amides is 1. The molecule has 33 heavy (non-hydrogen) atoms. The molecule has 3 aromatic carbocycles. The van der Waals surface area contributed by atoms with Crippen LogP contribution in [0.15, 0.2) is 83.0 Å². The maximum absolute atomic E-state index is 12.7. The average Bonchev–Trinajstić information content (AvgIpc) is 3.12. The first-order valence-electron chi connectivity index (χ1n) is 10.1. The number of nitrogens with zero attached hydrogens (tertiary/aromatic N) is 2. The van der Waals surface area contributed by atoms with E-state index in [0.29, 0.717) is 32.8 Å². The molecule has 0 saturated carbocycles. The van der Waals surface area contributed by atoms with Gasteiger partial charge in [0.2, 0.25) is 5.88 Å². The van der Waals surface area contributed by atoms with Crippen molar-refractivity contribution in [2.45, 2.75) is 19.4 Å². The van der Waals surface area contributed by atoms with Gasteiger partial charge in [0.15, 0.2) is 17.1 Å². The number of ketones is 1. The highest BCUT2D eigenvalue weighted by Gasteiger charge is 2.30. The van der Waals surface area contributed by atoms with Crippen LogP contribution < -0.4 is 4.74 Å². The molecule has 1 aromatic heterocycles. The second-order valence-corrected chi connectivity index (χ2v) is 8.28. The third-order valence-corrected chi connectivity index (χ3v) is 5.26. The van der Waals surface area contributed by atoms with E-state index in [-0.39, 0.29) is 17.4 Å². The fourth-order valence-electron chi connectivity index (χ4n) is 3.21. The van der Waals surface area contributed by atoms with Crippen LogP contribution in [0, 0.1) is 0 Å². The largest absolute Gasteiger partial charge is 0.493 e. The third-order valence-electron chi connectivity index (χ3n) is 5.01. The van der Waals surface area contributed by atoms with Crippen LogP contribution in [0.1, 0.15) is 29.8 Å². The van der Waals surface area contributed by atoms with E-state index in [4.69, 9.17) is 16.3 Å². The van der Waals surface area contributed by atoms with Gasteiger partial charge in [-0.3, -0.25) is 9.59 Å². The molecule has 8 heteroatoms. The fourth-order valence-corrected chi connectivity index (χ4v) is 3.34. The lowest BCUT2D eigenvalue weighted by molar-refractivity contribution is -0.131. The Morgan fingerprint density at radius 2 is 1.55 bits per heavy atom. The van der Waals surface area contributed by atoms with Crippen molar-refractivity contribution in [2.75, 3.05) is 0 Å². The molecule has 0 radical (unpaired) electrons. The number of aromatic nitrogens is 1. The Balaban J connectivity index is 1.47. The maximum Gasteiger partial charge on any atom is 0.307 e. The highest BCUT2D eigenvalue weighted by molar-refractivity contribution is 6.30. The molecule has 0 atom stereocenters. The van der Waals surface area contributed by atoms with Gasteiger partial charge in [-0.25, -0.2) is 0 Å². The van der Waals surface area contributed by atoms with E-state index in [2.05, 4.69) is 15.2 Å². The molecule has 166 valence electrons. The molecule has 0 bridgehead atoms. The number of aromatic hydroxyl groups is 1. The molecule has 0 fully saturated rings. The average molecular weight is 462 g/mol. The first-order valence-corrected chi connectivity index (χ1v) is 10.5. The lowest BCUT2D eigenvalue weighted by Gasteiger charge is -2.22. The number of azo groups is 1. The molecule has 1 amide bonds. The van der Waals surface area contributed by atoms with Gasteiger partial charge in [-0.05, 0) is 68.4 Å². The minimum absolute atomic E-state index is 0.152. The maximum atomic E-state index is 12.7. The first kappa shape index (κ1) is 22.2. The minimum Gasteiger partial charge on any atom is -0.493 e. The zero-order chi connectivity index (χ0) is 23.6. The molecule has 0 aliphatic carbocycles. The molecule has 2 N–H and O–H groups in total. The Bertz CT molecular complexity index is 1360. The van der Waals surface area contributed by atoms with E-state index in [9.17, 15) is 14.7 Å². The molecular weight excluding hydrogens is 442 g/mol. The van der Waals surface area contributed by atoms with Gasteiger partial charge in [-0.2, -0.15) is 0 Å². The van der Waals surface area contributed by atoms with Crippen LogP contribution in [0.5, 0.6) is 11.6 Å². The number of fused-ring (bicyclic) bond motifs is 1. The number of H-pyrrole nitrogens is 1. The van der Waals surface area contributed by atoms with Crippen LogP contribution in [0.25, 0.3) is 10.9 Å². The number of hydrogen-bond acceptors (Lipinski definition) is 5. The van der Waals surface area contributed by atoms with Crippen molar-refractivity contribution in [1.29, 1.82) is 0 Å². The molecule has 0 saturated heterocycles. The zero-order valence-electron chi connectivity index (χ0n) is 17.9. The molecule has 0 unspecified atom stereocenters. The van der Waals surface area contributed by atoms with Crippen molar-refractivity contribution in [3.05, 3.63) is 88.9 Å². The summed E-state index contributed by atoms with van der Waals surface area (Å²) in [5.74, 6) is -0.562. The number of carbonyl (C=O) groups excluding carboxylic acids is 2. The number of benzene rings is 3. The van der Waals surface area contributed by atoms with Gasteiger partial charge < -0.3 is 14.8 Å². The van der Waals surface area contributed by atoms with E-state index in [0.717, 1.165) is 0 Å². The van der Waals surface area contributed by atoms with Crippen LogP contribution in [0.3, 0.4) is 0 Å². The summed E-state index contributed by atoms with van der Waals surface area (Å²) in [4.78, 5) is 28.0. The van der Waals surface area contributed by atoms with Crippen LogP contribution in [-0.2, 0) is 4.79 Å². The van der Waals surface area contributed by atoms with Crippen molar-refractivity contribution >= 4 is 39.9 Å². The first-order chi connectivity index (χ1) is 15.7. The van der Waals surface area contributed by atoms with Crippen LogP contribution in [-0.4, -0.2) is 27.4 Å². The van der Waals surface area contributed by atoms with Gasteiger partial charge in [-0.1, -0.05) is 29.8 Å². The Kier molecular flexibility index (Phi) is 5.98. The molecule has 0 aliphatic heterocycles. The summed E-state index contributed by atoms with van der Waals surface area (Å²) in [6.07, 6.45) is 0. The van der Waals surface area contributed by atoms with Crippen LogP contribution in [0.4, 0.5) is 5.69 Å². The van der Waals surface area contributed by atoms with Crippen molar-refractivity contribution in [1.82, 2.24) is 4.98 Å². The Hall–Kier alpha value is -3.97. The number of hydrogen-bond donors (Lipinski definition) is 2. The van der Waals surface area contributed by atoms with Gasteiger partial charge in [0, 0.05) is 21.5 Å². The zero-order valence-corrected chi connectivity index (χ0v) is 18.6.